The molecule has 0 radical (unpaired) electrons. The summed E-state index contributed by atoms with van der Waals surface area (Å²) in [5.41, 5.74) is 6.04. The van der Waals surface area contributed by atoms with Crippen molar-refractivity contribution in [1.29, 1.82) is 0 Å². The molecule has 0 aliphatic rings. The van der Waals surface area contributed by atoms with Crippen molar-refractivity contribution in [3.8, 4) is 0 Å². The lowest BCUT2D eigenvalue weighted by atomic mass is 9.85. The van der Waals surface area contributed by atoms with E-state index in [1.165, 1.54) is 18.6 Å². The van der Waals surface area contributed by atoms with Crippen molar-refractivity contribution in [3.63, 3.8) is 0 Å². The zero-order valence-corrected chi connectivity index (χ0v) is 8.13. The van der Waals surface area contributed by atoms with Gasteiger partial charge in [0.2, 0.25) is 0 Å². The van der Waals surface area contributed by atoms with Gasteiger partial charge in [-0.3, -0.25) is 0 Å². The fraction of sp³-hybridized carbons (Fsp3) is 1.00. The first kappa shape index (κ1) is 10.3. The van der Waals surface area contributed by atoms with Crippen LogP contribution in [0.5, 0.6) is 0 Å². The van der Waals surface area contributed by atoms with Crippen LogP contribution in [-0.4, -0.2) is 18.6 Å². The molecule has 62 valence electrons. The SMILES string of the molecule is CCC(C)(CN)CCSC. The zero-order valence-electron chi connectivity index (χ0n) is 7.31. The predicted octanol–water partition coefficient (Wildman–Crippen LogP) is 2.11. The summed E-state index contributed by atoms with van der Waals surface area (Å²) in [6.07, 6.45) is 4.60. The quantitative estimate of drug-likeness (QED) is 0.668. The second kappa shape index (κ2) is 5.03. The highest BCUT2D eigenvalue weighted by Crippen LogP contribution is 2.25. The van der Waals surface area contributed by atoms with Crippen LogP contribution in [0.25, 0.3) is 0 Å². The van der Waals surface area contributed by atoms with E-state index in [-0.39, 0.29) is 0 Å². The van der Waals surface area contributed by atoms with E-state index in [0.29, 0.717) is 5.41 Å². The van der Waals surface area contributed by atoms with Crippen molar-refractivity contribution in [3.05, 3.63) is 0 Å². The third-order valence-electron chi connectivity index (χ3n) is 2.26. The first-order valence-electron chi connectivity index (χ1n) is 3.87. The zero-order chi connectivity index (χ0) is 8.04. The first-order chi connectivity index (χ1) is 4.68. The summed E-state index contributed by atoms with van der Waals surface area (Å²) in [4.78, 5) is 0. The average Bonchev–Trinajstić information content (AvgIpc) is 2.00. The number of hydrogen-bond donors (Lipinski definition) is 1. The van der Waals surface area contributed by atoms with Crippen molar-refractivity contribution in [2.75, 3.05) is 18.6 Å². The molecule has 1 atom stereocenters. The van der Waals surface area contributed by atoms with Crippen molar-refractivity contribution in [2.45, 2.75) is 26.7 Å². The van der Waals surface area contributed by atoms with E-state index in [4.69, 9.17) is 5.73 Å². The fourth-order valence-electron chi connectivity index (χ4n) is 0.772. The van der Waals surface area contributed by atoms with E-state index < -0.39 is 0 Å². The second-order valence-electron chi connectivity index (χ2n) is 3.11. The third-order valence-corrected chi connectivity index (χ3v) is 2.87. The summed E-state index contributed by atoms with van der Waals surface area (Å²) in [6.45, 7) is 5.31. The standard InChI is InChI=1S/C8H19NS/c1-4-8(2,7-9)5-6-10-3/h4-7,9H2,1-3H3. The molecule has 0 spiro atoms. The molecule has 0 aliphatic carbocycles. The molecule has 0 aromatic carbocycles. The van der Waals surface area contributed by atoms with E-state index in [9.17, 15) is 0 Å². The van der Waals surface area contributed by atoms with Crippen LogP contribution in [0.3, 0.4) is 0 Å². The van der Waals surface area contributed by atoms with Crippen molar-refractivity contribution in [1.82, 2.24) is 0 Å². The van der Waals surface area contributed by atoms with E-state index in [2.05, 4.69) is 20.1 Å². The minimum Gasteiger partial charge on any atom is -0.330 e. The van der Waals surface area contributed by atoms with Gasteiger partial charge >= 0.3 is 0 Å². The molecule has 0 fully saturated rings. The largest absolute Gasteiger partial charge is 0.330 e. The molecular formula is C8H19NS. The highest BCUT2D eigenvalue weighted by molar-refractivity contribution is 7.98. The maximum Gasteiger partial charge on any atom is -0.00230 e. The molecule has 0 bridgehead atoms. The summed E-state index contributed by atoms with van der Waals surface area (Å²) in [7, 11) is 0. The molecule has 0 aromatic heterocycles. The van der Waals surface area contributed by atoms with Crippen LogP contribution in [-0.2, 0) is 0 Å². The average molecular weight is 161 g/mol. The van der Waals surface area contributed by atoms with Gasteiger partial charge in [0.15, 0.2) is 0 Å². The molecule has 2 N–H and O–H groups in total. The Morgan fingerprint density at radius 2 is 2.10 bits per heavy atom. The number of thioether (sulfide) groups is 1. The van der Waals surface area contributed by atoms with Crippen LogP contribution in [0.4, 0.5) is 0 Å². The second-order valence-corrected chi connectivity index (χ2v) is 4.10. The molecule has 0 saturated heterocycles. The lowest BCUT2D eigenvalue weighted by molar-refractivity contribution is 0.313. The summed E-state index contributed by atoms with van der Waals surface area (Å²) in [6, 6.07) is 0. The van der Waals surface area contributed by atoms with E-state index in [0.717, 1.165) is 6.54 Å². The Kier molecular flexibility index (Phi) is 5.18. The molecule has 0 aliphatic heterocycles. The van der Waals surface area contributed by atoms with Crippen LogP contribution in [0.15, 0.2) is 0 Å². The molecule has 0 saturated carbocycles. The fourth-order valence-corrected chi connectivity index (χ4v) is 1.47. The predicted molar refractivity (Wildman–Crippen MR) is 50.5 cm³/mol. The first-order valence-corrected chi connectivity index (χ1v) is 5.27. The lowest BCUT2D eigenvalue weighted by Gasteiger charge is -2.25. The van der Waals surface area contributed by atoms with Crippen LogP contribution in [0.2, 0.25) is 0 Å². The molecule has 0 amide bonds. The summed E-state index contributed by atoms with van der Waals surface area (Å²) < 4.78 is 0. The molecule has 0 heterocycles. The van der Waals surface area contributed by atoms with E-state index >= 15 is 0 Å². The highest BCUT2D eigenvalue weighted by atomic mass is 32.2. The molecule has 10 heavy (non-hydrogen) atoms. The summed E-state index contributed by atoms with van der Waals surface area (Å²) in [5.74, 6) is 1.24. The van der Waals surface area contributed by atoms with Gasteiger partial charge < -0.3 is 5.73 Å². The Hall–Kier alpha value is 0.310. The van der Waals surface area contributed by atoms with Gasteiger partial charge in [-0.15, -0.1) is 0 Å². The van der Waals surface area contributed by atoms with Crippen molar-refractivity contribution >= 4 is 11.8 Å². The summed E-state index contributed by atoms with van der Waals surface area (Å²) >= 11 is 1.90. The Morgan fingerprint density at radius 1 is 1.50 bits per heavy atom. The van der Waals surface area contributed by atoms with Gasteiger partial charge in [-0.05, 0) is 36.8 Å². The van der Waals surface area contributed by atoms with Gasteiger partial charge in [-0.2, -0.15) is 11.8 Å². The van der Waals surface area contributed by atoms with Crippen molar-refractivity contribution < 1.29 is 0 Å². The van der Waals surface area contributed by atoms with E-state index in [1.807, 2.05) is 11.8 Å². The molecule has 0 rings (SSSR count). The van der Waals surface area contributed by atoms with Gasteiger partial charge in [0, 0.05) is 0 Å². The van der Waals surface area contributed by atoms with Gasteiger partial charge in [-0.1, -0.05) is 13.8 Å². The molecule has 1 nitrogen and oxygen atoms in total. The Balaban J connectivity index is 3.58. The van der Waals surface area contributed by atoms with Crippen LogP contribution >= 0.6 is 11.8 Å². The maximum atomic E-state index is 5.65. The number of rotatable bonds is 5. The van der Waals surface area contributed by atoms with Crippen molar-refractivity contribution in [2.24, 2.45) is 11.1 Å². The van der Waals surface area contributed by atoms with Gasteiger partial charge in [-0.25, -0.2) is 0 Å². The molecule has 1 unspecified atom stereocenters. The normalized spacial score (nSPS) is 16.8. The Bertz CT molecular complexity index is 79.3. The molecular weight excluding hydrogens is 142 g/mol. The Labute approximate surface area is 68.8 Å². The minimum atomic E-state index is 0.392. The summed E-state index contributed by atoms with van der Waals surface area (Å²) in [5, 5.41) is 0. The monoisotopic (exact) mass is 161 g/mol. The van der Waals surface area contributed by atoms with Gasteiger partial charge in [0.1, 0.15) is 0 Å². The molecule has 2 heteroatoms. The number of hydrogen-bond acceptors (Lipinski definition) is 2. The smallest absolute Gasteiger partial charge is 0.00230 e. The topological polar surface area (TPSA) is 26.0 Å². The maximum absolute atomic E-state index is 5.65. The van der Waals surface area contributed by atoms with Gasteiger partial charge in [0.25, 0.3) is 0 Å². The van der Waals surface area contributed by atoms with Gasteiger partial charge in [0.05, 0.1) is 0 Å². The van der Waals surface area contributed by atoms with Crippen LogP contribution in [0, 0.1) is 5.41 Å². The van der Waals surface area contributed by atoms with Crippen LogP contribution in [0.1, 0.15) is 26.7 Å². The minimum absolute atomic E-state index is 0.392. The lowest BCUT2D eigenvalue weighted by Crippen LogP contribution is -2.26. The number of nitrogens with two attached hydrogens (primary N) is 1. The highest BCUT2D eigenvalue weighted by Gasteiger charge is 2.18. The van der Waals surface area contributed by atoms with Crippen LogP contribution < -0.4 is 5.73 Å². The third kappa shape index (κ3) is 3.47. The molecule has 0 aromatic rings. The Morgan fingerprint density at radius 3 is 2.40 bits per heavy atom. The van der Waals surface area contributed by atoms with E-state index in [1.54, 1.807) is 0 Å².